The van der Waals surface area contributed by atoms with Gasteiger partial charge in [0.15, 0.2) is 6.23 Å². The van der Waals surface area contributed by atoms with Crippen LogP contribution in [0.15, 0.2) is 24.3 Å². The lowest BCUT2D eigenvalue weighted by molar-refractivity contribution is -0.163. The predicted molar refractivity (Wildman–Crippen MR) is 96.4 cm³/mol. The molecule has 1 amide bonds. The van der Waals surface area contributed by atoms with E-state index < -0.39 is 11.0 Å². The van der Waals surface area contributed by atoms with Crippen LogP contribution in [-0.2, 0) is 9.53 Å². The van der Waals surface area contributed by atoms with Crippen molar-refractivity contribution in [1.29, 1.82) is 0 Å². The third-order valence-electron chi connectivity index (χ3n) is 4.35. The van der Waals surface area contributed by atoms with E-state index in [4.69, 9.17) is 9.47 Å². The first-order valence-corrected chi connectivity index (χ1v) is 9.03. The number of hydrogen-bond donors (Lipinski definition) is 1. The van der Waals surface area contributed by atoms with Gasteiger partial charge >= 0.3 is 5.97 Å². The fourth-order valence-corrected chi connectivity index (χ4v) is 3.23. The fraction of sp³-hybridized carbons (Fsp3) is 0.600. The zero-order valence-corrected chi connectivity index (χ0v) is 15.8. The molecule has 5 nitrogen and oxygen atoms in total. The molecule has 138 valence electrons. The molecule has 0 saturated carbocycles. The number of rotatable bonds is 7. The van der Waals surface area contributed by atoms with E-state index in [0.29, 0.717) is 11.3 Å². The Morgan fingerprint density at radius 1 is 1.12 bits per heavy atom. The summed E-state index contributed by atoms with van der Waals surface area (Å²) in [7, 11) is 0. The SMILES string of the molecule is CCCC1(CCC)C(=O)NC1Oc1ccc(C(=O)OC(C)(C)C)cc1. The Balaban J connectivity index is 2.06. The molecular formula is C20H29NO4. The average molecular weight is 347 g/mol. The molecule has 1 aromatic carbocycles. The second-order valence-corrected chi connectivity index (χ2v) is 7.65. The Morgan fingerprint density at radius 3 is 2.12 bits per heavy atom. The molecule has 5 heteroatoms. The molecule has 1 fully saturated rings. The molecule has 0 aliphatic carbocycles. The van der Waals surface area contributed by atoms with E-state index in [1.165, 1.54) is 0 Å². The van der Waals surface area contributed by atoms with Gasteiger partial charge in [-0.3, -0.25) is 4.79 Å². The second-order valence-electron chi connectivity index (χ2n) is 7.65. The third kappa shape index (κ3) is 4.33. The van der Waals surface area contributed by atoms with Crippen molar-refractivity contribution in [1.82, 2.24) is 5.32 Å². The normalized spacial score (nSPS) is 18.9. The topological polar surface area (TPSA) is 64.6 Å². The van der Waals surface area contributed by atoms with Crippen molar-refractivity contribution >= 4 is 11.9 Å². The van der Waals surface area contributed by atoms with Crippen molar-refractivity contribution in [2.75, 3.05) is 0 Å². The van der Waals surface area contributed by atoms with Gasteiger partial charge in [0, 0.05) is 0 Å². The lowest BCUT2D eigenvalue weighted by atomic mass is 9.71. The summed E-state index contributed by atoms with van der Waals surface area (Å²) >= 11 is 0. The molecule has 1 aromatic rings. The summed E-state index contributed by atoms with van der Waals surface area (Å²) in [6.45, 7) is 9.67. The quantitative estimate of drug-likeness (QED) is 0.597. The number of nitrogens with one attached hydrogen (secondary N) is 1. The van der Waals surface area contributed by atoms with E-state index in [0.717, 1.165) is 25.7 Å². The van der Waals surface area contributed by atoms with Gasteiger partial charge in [0.05, 0.1) is 5.56 Å². The fourth-order valence-electron chi connectivity index (χ4n) is 3.23. The first-order chi connectivity index (χ1) is 11.7. The van der Waals surface area contributed by atoms with Crippen LogP contribution < -0.4 is 10.1 Å². The number of carbonyl (C=O) groups excluding carboxylic acids is 2. The number of benzene rings is 1. The Morgan fingerprint density at radius 2 is 1.68 bits per heavy atom. The van der Waals surface area contributed by atoms with Crippen molar-refractivity contribution < 1.29 is 19.1 Å². The Bertz CT molecular complexity index is 610. The molecule has 0 aromatic heterocycles. The van der Waals surface area contributed by atoms with Crippen molar-refractivity contribution in [3.8, 4) is 5.75 Å². The van der Waals surface area contributed by atoms with Crippen molar-refractivity contribution in [3.05, 3.63) is 29.8 Å². The third-order valence-corrected chi connectivity index (χ3v) is 4.35. The predicted octanol–water partition coefficient (Wildman–Crippen LogP) is 4.06. The van der Waals surface area contributed by atoms with Gasteiger partial charge in [0.1, 0.15) is 16.8 Å². The van der Waals surface area contributed by atoms with E-state index >= 15 is 0 Å². The Hall–Kier alpha value is -2.04. The maximum Gasteiger partial charge on any atom is 0.338 e. The molecule has 2 rings (SSSR count). The van der Waals surface area contributed by atoms with Gasteiger partial charge in [-0.05, 0) is 57.9 Å². The second kappa shape index (κ2) is 7.46. The summed E-state index contributed by atoms with van der Waals surface area (Å²) < 4.78 is 11.3. The molecule has 1 N–H and O–H groups in total. The summed E-state index contributed by atoms with van der Waals surface area (Å²) in [5, 5.41) is 2.87. The maximum atomic E-state index is 12.2. The molecule has 0 bridgehead atoms. The van der Waals surface area contributed by atoms with Crippen LogP contribution in [0.4, 0.5) is 0 Å². The standard InChI is InChI=1S/C20H29NO4/c1-6-12-20(13-7-2)17(23)21-18(20)24-15-10-8-14(9-11-15)16(22)25-19(3,4)5/h8-11,18H,6-7,12-13H2,1-5H3,(H,21,23). The Kier molecular flexibility index (Phi) is 5.76. The molecule has 1 saturated heterocycles. The summed E-state index contributed by atoms with van der Waals surface area (Å²) in [6.07, 6.45) is 3.18. The first kappa shape index (κ1) is 19.3. The number of carbonyl (C=O) groups is 2. The minimum atomic E-state index is -0.525. The molecular weight excluding hydrogens is 318 g/mol. The molecule has 0 radical (unpaired) electrons. The molecule has 0 spiro atoms. The van der Waals surface area contributed by atoms with Gasteiger partial charge in [0.25, 0.3) is 0 Å². The van der Waals surface area contributed by atoms with E-state index in [2.05, 4.69) is 19.2 Å². The molecule has 1 heterocycles. The highest BCUT2D eigenvalue weighted by Crippen LogP contribution is 2.41. The summed E-state index contributed by atoms with van der Waals surface area (Å²) in [5.74, 6) is 0.350. The highest BCUT2D eigenvalue weighted by Gasteiger charge is 2.55. The van der Waals surface area contributed by atoms with Crippen molar-refractivity contribution in [3.63, 3.8) is 0 Å². The largest absolute Gasteiger partial charge is 0.470 e. The van der Waals surface area contributed by atoms with E-state index in [-0.39, 0.29) is 18.1 Å². The summed E-state index contributed by atoms with van der Waals surface area (Å²) in [5.41, 5.74) is -0.483. The number of hydrogen-bond acceptors (Lipinski definition) is 4. The van der Waals surface area contributed by atoms with Crippen LogP contribution in [0.1, 0.15) is 70.7 Å². The van der Waals surface area contributed by atoms with E-state index in [9.17, 15) is 9.59 Å². The van der Waals surface area contributed by atoms with Gasteiger partial charge in [-0.15, -0.1) is 0 Å². The zero-order chi connectivity index (χ0) is 18.7. The van der Waals surface area contributed by atoms with Gasteiger partial charge in [-0.2, -0.15) is 0 Å². The lowest BCUT2D eigenvalue weighted by Gasteiger charge is -2.48. The smallest absolute Gasteiger partial charge is 0.338 e. The number of amides is 1. The van der Waals surface area contributed by atoms with Crippen LogP contribution in [0.3, 0.4) is 0 Å². The first-order valence-electron chi connectivity index (χ1n) is 9.03. The van der Waals surface area contributed by atoms with E-state index in [1.807, 2.05) is 20.8 Å². The zero-order valence-electron chi connectivity index (χ0n) is 15.8. The average Bonchev–Trinajstić information content (AvgIpc) is 2.53. The highest BCUT2D eigenvalue weighted by atomic mass is 16.6. The van der Waals surface area contributed by atoms with Gasteiger partial charge in [-0.1, -0.05) is 26.7 Å². The molecule has 25 heavy (non-hydrogen) atoms. The van der Waals surface area contributed by atoms with Crippen LogP contribution in [0, 0.1) is 5.41 Å². The van der Waals surface area contributed by atoms with Crippen LogP contribution in [0.25, 0.3) is 0 Å². The van der Waals surface area contributed by atoms with Gasteiger partial charge in [0.2, 0.25) is 5.91 Å². The van der Waals surface area contributed by atoms with Crippen LogP contribution >= 0.6 is 0 Å². The molecule has 1 unspecified atom stereocenters. The summed E-state index contributed by atoms with van der Waals surface area (Å²) in [6, 6.07) is 6.86. The minimum Gasteiger partial charge on any atom is -0.470 e. The maximum absolute atomic E-state index is 12.2. The van der Waals surface area contributed by atoms with Crippen molar-refractivity contribution in [2.45, 2.75) is 72.1 Å². The summed E-state index contributed by atoms with van der Waals surface area (Å²) in [4.78, 5) is 24.2. The van der Waals surface area contributed by atoms with Crippen LogP contribution in [0.5, 0.6) is 5.75 Å². The molecule has 1 aliphatic rings. The monoisotopic (exact) mass is 347 g/mol. The highest BCUT2D eigenvalue weighted by molar-refractivity contribution is 5.90. The number of ether oxygens (including phenoxy) is 2. The van der Waals surface area contributed by atoms with Gasteiger partial charge in [-0.25, -0.2) is 4.79 Å². The lowest BCUT2D eigenvalue weighted by Crippen LogP contribution is -2.69. The van der Waals surface area contributed by atoms with Crippen LogP contribution in [0.2, 0.25) is 0 Å². The number of β-lactam (4-membered cyclic amide) rings is 1. The van der Waals surface area contributed by atoms with E-state index in [1.54, 1.807) is 24.3 Å². The Labute approximate surface area is 150 Å². The van der Waals surface area contributed by atoms with Crippen LogP contribution in [-0.4, -0.2) is 23.7 Å². The van der Waals surface area contributed by atoms with Gasteiger partial charge < -0.3 is 14.8 Å². The minimum absolute atomic E-state index is 0.0755. The number of esters is 1. The molecule has 1 atom stereocenters. The van der Waals surface area contributed by atoms with Crippen molar-refractivity contribution in [2.24, 2.45) is 5.41 Å². The molecule has 1 aliphatic heterocycles.